The molecule has 24 heavy (non-hydrogen) atoms. The van der Waals surface area contributed by atoms with Crippen LogP contribution in [0.3, 0.4) is 0 Å². The van der Waals surface area contributed by atoms with Crippen molar-refractivity contribution in [1.82, 2.24) is 9.71 Å². The topological polar surface area (TPSA) is 72.2 Å². The summed E-state index contributed by atoms with van der Waals surface area (Å²) in [6.07, 6.45) is 9.28. The summed E-state index contributed by atoms with van der Waals surface area (Å²) in [6, 6.07) is 6.84. The molecule has 0 unspecified atom stereocenters. The molecule has 2 aromatic rings. The van der Waals surface area contributed by atoms with E-state index in [2.05, 4.69) is 9.71 Å². The van der Waals surface area contributed by atoms with Gasteiger partial charge in [0.2, 0.25) is 10.0 Å². The Morgan fingerprint density at radius 1 is 1.04 bits per heavy atom. The number of aryl methyl sites for hydroxylation is 1. The minimum absolute atomic E-state index is 0.0492. The molecule has 1 saturated carbocycles. The van der Waals surface area contributed by atoms with E-state index in [1.807, 2.05) is 0 Å². The van der Waals surface area contributed by atoms with Gasteiger partial charge >= 0.3 is 0 Å². The van der Waals surface area contributed by atoms with E-state index in [9.17, 15) is 8.42 Å². The van der Waals surface area contributed by atoms with Crippen molar-refractivity contribution in [3.63, 3.8) is 0 Å². The molecule has 1 aromatic heterocycles. The van der Waals surface area contributed by atoms with Crippen LogP contribution in [0.4, 0.5) is 0 Å². The highest BCUT2D eigenvalue weighted by molar-refractivity contribution is 7.89. The van der Waals surface area contributed by atoms with Crippen LogP contribution in [0.2, 0.25) is 0 Å². The number of hydrogen-bond donors (Lipinski definition) is 1. The van der Waals surface area contributed by atoms with E-state index >= 15 is 0 Å². The van der Waals surface area contributed by atoms with Gasteiger partial charge in [-0.2, -0.15) is 0 Å². The first-order valence-corrected chi connectivity index (χ1v) is 10.1. The third-order valence-corrected chi connectivity index (χ3v) is 6.04. The maximum atomic E-state index is 12.6. The number of nitrogens with zero attached hydrogens (tertiary/aromatic N) is 1. The van der Waals surface area contributed by atoms with Gasteiger partial charge in [-0.15, -0.1) is 0 Å². The average molecular weight is 348 g/mol. The lowest BCUT2D eigenvalue weighted by Gasteiger charge is -2.21. The third kappa shape index (κ3) is 4.24. The zero-order valence-corrected chi connectivity index (χ0v) is 14.8. The van der Waals surface area contributed by atoms with Crippen LogP contribution < -0.4 is 4.72 Å². The van der Waals surface area contributed by atoms with Crippen molar-refractivity contribution in [3.8, 4) is 11.3 Å². The van der Waals surface area contributed by atoms with Crippen LogP contribution in [-0.2, 0) is 10.0 Å². The van der Waals surface area contributed by atoms with Gasteiger partial charge in [-0.25, -0.2) is 18.1 Å². The van der Waals surface area contributed by atoms with Gasteiger partial charge in [-0.1, -0.05) is 44.2 Å². The van der Waals surface area contributed by atoms with Crippen LogP contribution in [0.1, 0.15) is 50.8 Å². The summed E-state index contributed by atoms with van der Waals surface area (Å²) in [6.45, 7) is 1.78. The first-order valence-electron chi connectivity index (χ1n) is 8.59. The van der Waals surface area contributed by atoms with Crippen molar-refractivity contribution < 1.29 is 12.8 Å². The van der Waals surface area contributed by atoms with E-state index in [0.29, 0.717) is 16.5 Å². The lowest BCUT2D eigenvalue weighted by molar-refractivity contribution is 0.426. The lowest BCUT2D eigenvalue weighted by Crippen LogP contribution is -2.35. The second-order valence-electron chi connectivity index (χ2n) is 6.44. The van der Waals surface area contributed by atoms with Crippen LogP contribution >= 0.6 is 0 Å². The van der Waals surface area contributed by atoms with Crippen molar-refractivity contribution in [1.29, 1.82) is 0 Å². The minimum atomic E-state index is -3.48. The normalized spacial score (nSPS) is 17.4. The maximum absolute atomic E-state index is 12.6. The molecule has 0 amide bonds. The van der Waals surface area contributed by atoms with Crippen LogP contribution in [0.5, 0.6) is 0 Å². The summed E-state index contributed by atoms with van der Waals surface area (Å²) in [7, 11) is -3.48. The molecule has 1 N–H and O–H groups in total. The van der Waals surface area contributed by atoms with E-state index in [0.717, 1.165) is 31.2 Å². The molecule has 0 saturated heterocycles. The van der Waals surface area contributed by atoms with Gasteiger partial charge in [0.05, 0.1) is 4.90 Å². The Balaban J connectivity index is 1.72. The van der Waals surface area contributed by atoms with Gasteiger partial charge < -0.3 is 4.42 Å². The molecular formula is C18H24N2O3S. The summed E-state index contributed by atoms with van der Waals surface area (Å²) >= 11 is 0. The van der Waals surface area contributed by atoms with E-state index in [-0.39, 0.29) is 6.04 Å². The number of sulfonamides is 1. The second kappa shape index (κ2) is 7.49. The van der Waals surface area contributed by atoms with Crippen LogP contribution in [0.25, 0.3) is 11.3 Å². The molecule has 1 fully saturated rings. The summed E-state index contributed by atoms with van der Waals surface area (Å²) in [4.78, 5) is 4.55. The standard InChI is InChI=1S/C18H24N2O3S/c1-14-19-18(13-23-14)15-9-11-17(12-10-15)24(21,22)20-16-7-5-3-2-4-6-8-16/h9-13,16,20H,2-8H2,1H3. The Bertz CT molecular complexity index is 758. The van der Waals surface area contributed by atoms with E-state index < -0.39 is 10.0 Å². The van der Waals surface area contributed by atoms with E-state index in [4.69, 9.17) is 4.42 Å². The van der Waals surface area contributed by atoms with Gasteiger partial charge in [-0.3, -0.25) is 0 Å². The first kappa shape index (κ1) is 17.2. The third-order valence-electron chi connectivity index (χ3n) is 4.51. The van der Waals surface area contributed by atoms with Gasteiger partial charge in [-0.05, 0) is 25.0 Å². The number of rotatable bonds is 4. The lowest BCUT2D eigenvalue weighted by atomic mass is 9.97. The first-order chi connectivity index (χ1) is 11.5. The van der Waals surface area contributed by atoms with E-state index in [1.54, 1.807) is 37.5 Å². The summed E-state index contributed by atoms with van der Waals surface area (Å²) < 4.78 is 33.3. The fraction of sp³-hybridized carbons (Fsp3) is 0.500. The summed E-state index contributed by atoms with van der Waals surface area (Å²) in [5.41, 5.74) is 1.56. The average Bonchev–Trinajstić information content (AvgIpc) is 2.96. The fourth-order valence-electron chi connectivity index (χ4n) is 3.16. The highest BCUT2D eigenvalue weighted by Crippen LogP contribution is 2.22. The Morgan fingerprint density at radius 3 is 2.25 bits per heavy atom. The predicted molar refractivity (Wildman–Crippen MR) is 93.1 cm³/mol. The SMILES string of the molecule is Cc1nc(-c2ccc(S(=O)(=O)NC3CCCCCCC3)cc2)co1. The second-order valence-corrected chi connectivity index (χ2v) is 8.15. The quantitative estimate of drug-likeness (QED) is 0.905. The number of aromatic nitrogens is 1. The van der Waals surface area contributed by atoms with Gasteiger partial charge in [0.15, 0.2) is 5.89 Å². The molecule has 0 aliphatic heterocycles. The molecule has 3 rings (SSSR count). The van der Waals surface area contributed by atoms with Crippen molar-refractivity contribution in [2.45, 2.75) is 62.8 Å². The van der Waals surface area contributed by atoms with Crippen LogP contribution in [0.15, 0.2) is 39.8 Å². The molecule has 130 valence electrons. The zero-order chi connectivity index (χ0) is 17.0. The smallest absolute Gasteiger partial charge is 0.240 e. The molecule has 0 radical (unpaired) electrons. The Labute approximate surface area is 143 Å². The minimum Gasteiger partial charge on any atom is -0.449 e. The predicted octanol–water partition coefficient (Wildman–Crippen LogP) is 4.04. The molecule has 5 nitrogen and oxygen atoms in total. The molecule has 1 aliphatic carbocycles. The molecule has 0 atom stereocenters. The Morgan fingerprint density at radius 2 is 1.67 bits per heavy atom. The van der Waals surface area contributed by atoms with Crippen molar-refractivity contribution in [2.24, 2.45) is 0 Å². The molecule has 1 aromatic carbocycles. The fourth-order valence-corrected chi connectivity index (χ4v) is 4.47. The van der Waals surface area contributed by atoms with Gasteiger partial charge in [0.1, 0.15) is 12.0 Å². The summed E-state index contributed by atoms with van der Waals surface area (Å²) in [5.74, 6) is 0.590. The molecule has 6 heteroatoms. The maximum Gasteiger partial charge on any atom is 0.240 e. The van der Waals surface area contributed by atoms with Crippen molar-refractivity contribution >= 4 is 10.0 Å². The molecular weight excluding hydrogens is 324 g/mol. The largest absolute Gasteiger partial charge is 0.449 e. The van der Waals surface area contributed by atoms with E-state index in [1.165, 1.54) is 19.3 Å². The summed E-state index contributed by atoms with van der Waals surface area (Å²) in [5, 5.41) is 0. The molecule has 1 aliphatic rings. The van der Waals surface area contributed by atoms with Crippen LogP contribution in [-0.4, -0.2) is 19.4 Å². The zero-order valence-electron chi connectivity index (χ0n) is 14.0. The van der Waals surface area contributed by atoms with Crippen LogP contribution in [0, 0.1) is 6.92 Å². The van der Waals surface area contributed by atoms with Gasteiger partial charge in [0, 0.05) is 18.5 Å². The molecule has 0 bridgehead atoms. The van der Waals surface area contributed by atoms with Gasteiger partial charge in [0.25, 0.3) is 0 Å². The number of nitrogens with one attached hydrogen (secondary N) is 1. The molecule has 1 heterocycles. The molecule has 0 spiro atoms. The number of benzene rings is 1. The van der Waals surface area contributed by atoms with Crippen molar-refractivity contribution in [2.75, 3.05) is 0 Å². The number of oxazole rings is 1. The highest BCUT2D eigenvalue weighted by Gasteiger charge is 2.20. The Kier molecular flexibility index (Phi) is 5.36. The monoisotopic (exact) mass is 348 g/mol. The highest BCUT2D eigenvalue weighted by atomic mass is 32.2. The Hall–Kier alpha value is -1.66. The van der Waals surface area contributed by atoms with Crippen molar-refractivity contribution in [3.05, 3.63) is 36.4 Å². The number of hydrogen-bond acceptors (Lipinski definition) is 4.